The smallest absolute Gasteiger partial charge is 0.213 e. The normalized spacial score (nSPS) is 17.5. The van der Waals surface area contributed by atoms with Crippen LogP contribution in [0, 0.1) is 5.21 Å². The lowest BCUT2D eigenvalue weighted by Gasteiger charge is -2.36. The summed E-state index contributed by atoms with van der Waals surface area (Å²) in [5.41, 5.74) is 3.91. The standard InChI is InChI=1S/C23H28N3O2/c27-23(26(28)22-10-11-22)12-13-24-14-16-25(17-15-24)21-8-6-20(7-9-21)18-19-4-2-1-3-5-19/h1-9,22H,10-18H2/q-1. The SMILES string of the molecule is O=C(CCN1CCN(c2ccc(Cc3ccccc3)cc2)CC1)N([O-])C1CC1. The van der Waals surface area contributed by atoms with Crippen molar-refractivity contribution in [2.45, 2.75) is 31.7 Å². The number of carbonyl (C=O) groups is 1. The molecule has 2 aromatic rings. The van der Waals surface area contributed by atoms with E-state index < -0.39 is 0 Å². The van der Waals surface area contributed by atoms with E-state index in [1.165, 1.54) is 16.8 Å². The van der Waals surface area contributed by atoms with Crippen molar-refractivity contribution in [1.29, 1.82) is 0 Å². The van der Waals surface area contributed by atoms with E-state index in [1.807, 2.05) is 6.07 Å². The molecule has 1 saturated carbocycles. The van der Waals surface area contributed by atoms with Gasteiger partial charge in [0.05, 0.1) is 0 Å². The Bertz CT molecular complexity index is 766. The second kappa shape index (κ2) is 8.76. The Morgan fingerprint density at radius 2 is 1.57 bits per heavy atom. The number of hydrogen-bond donors (Lipinski definition) is 0. The molecule has 0 atom stereocenters. The molecule has 1 heterocycles. The molecular formula is C23H28N3O2-. The summed E-state index contributed by atoms with van der Waals surface area (Å²) in [5.74, 6) is -0.251. The molecule has 1 saturated heterocycles. The second-order valence-corrected chi connectivity index (χ2v) is 7.86. The Labute approximate surface area is 167 Å². The summed E-state index contributed by atoms with van der Waals surface area (Å²) in [5, 5.41) is 12.4. The van der Waals surface area contributed by atoms with Gasteiger partial charge in [0.2, 0.25) is 5.91 Å². The predicted molar refractivity (Wildman–Crippen MR) is 112 cm³/mol. The maximum absolute atomic E-state index is 11.9. The van der Waals surface area contributed by atoms with Crippen molar-refractivity contribution in [3.8, 4) is 0 Å². The van der Waals surface area contributed by atoms with Gasteiger partial charge in [-0.05, 0) is 42.5 Å². The first-order valence-electron chi connectivity index (χ1n) is 10.3. The van der Waals surface area contributed by atoms with Gasteiger partial charge in [0, 0.05) is 50.9 Å². The maximum Gasteiger partial charge on any atom is 0.213 e. The van der Waals surface area contributed by atoms with Crippen LogP contribution < -0.4 is 4.90 Å². The summed E-state index contributed by atoms with van der Waals surface area (Å²) in [4.78, 5) is 16.6. The van der Waals surface area contributed by atoms with E-state index in [9.17, 15) is 10.0 Å². The quantitative estimate of drug-likeness (QED) is 0.694. The van der Waals surface area contributed by atoms with Gasteiger partial charge in [0.15, 0.2) is 0 Å². The minimum atomic E-state index is -0.251. The highest BCUT2D eigenvalue weighted by Crippen LogP contribution is 2.26. The van der Waals surface area contributed by atoms with Gasteiger partial charge in [-0.15, -0.1) is 0 Å². The van der Waals surface area contributed by atoms with Gasteiger partial charge in [-0.3, -0.25) is 9.69 Å². The fourth-order valence-electron chi connectivity index (χ4n) is 3.76. The van der Waals surface area contributed by atoms with Crippen molar-refractivity contribution in [3.05, 3.63) is 70.9 Å². The molecule has 1 aliphatic carbocycles. The molecule has 0 unspecified atom stereocenters. The zero-order valence-electron chi connectivity index (χ0n) is 16.3. The summed E-state index contributed by atoms with van der Waals surface area (Å²) in [6.45, 7) is 4.46. The van der Waals surface area contributed by atoms with Gasteiger partial charge in [-0.1, -0.05) is 42.5 Å². The molecule has 2 aromatic carbocycles. The Morgan fingerprint density at radius 1 is 0.929 bits per heavy atom. The molecule has 0 radical (unpaired) electrons. The van der Waals surface area contributed by atoms with E-state index >= 15 is 0 Å². The van der Waals surface area contributed by atoms with E-state index in [-0.39, 0.29) is 11.9 Å². The van der Waals surface area contributed by atoms with Crippen LogP contribution in [0.5, 0.6) is 0 Å². The number of piperazine rings is 1. The first kappa shape index (κ1) is 19.0. The molecule has 0 spiro atoms. The molecule has 5 nitrogen and oxygen atoms in total. The van der Waals surface area contributed by atoms with E-state index in [0.717, 1.165) is 45.4 Å². The van der Waals surface area contributed by atoms with Crippen LogP contribution >= 0.6 is 0 Å². The highest BCUT2D eigenvalue weighted by molar-refractivity contribution is 5.77. The van der Waals surface area contributed by atoms with Crippen LogP contribution in [0.15, 0.2) is 54.6 Å². The first-order chi connectivity index (χ1) is 13.7. The van der Waals surface area contributed by atoms with E-state index in [0.29, 0.717) is 18.0 Å². The lowest BCUT2D eigenvalue weighted by molar-refractivity contribution is -0.129. The molecular weight excluding hydrogens is 350 g/mol. The van der Waals surface area contributed by atoms with E-state index in [4.69, 9.17) is 0 Å². The molecule has 2 fully saturated rings. The van der Waals surface area contributed by atoms with Crippen molar-refractivity contribution in [1.82, 2.24) is 9.96 Å². The summed E-state index contributed by atoms with van der Waals surface area (Å²) in [6, 6.07) is 19.4. The Kier molecular flexibility index (Phi) is 5.93. The van der Waals surface area contributed by atoms with E-state index in [1.54, 1.807) is 0 Å². The third kappa shape index (κ3) is 4.91. The van der Waals surface area contributed by atoms with Crippen molar-refractivity contribution in [3.63, 3.8) is 0 Å². The average molecular weight is 378 g/mol. The third-order valence-corrected chi connectivity index (χ3v) is 5.69. The molecule has 5 heteroatoms. The predicted octanol–water partition coefficient (Wildman–Crippen LogP) is 3.28. The first-order valence-corrected chi connectivity index (χ1v) is 10.3. The summed E-state index contributed by atoms with van der Waals surface area (Å²) in [7, 11) is 0. The van der Waals surface area contributed by atoms with E-state index in [2.05, 4.69) is 58.3 Å². The molecule has 0 aromatic heterocycles. The van der Waals surface area contributed by atoms with Crippen LogP contribution in [0.4, 0.5) is 5.69 Å². The van der Waals surface area contributed by atoms with Gasteiger partial charge in [-0.25, -0.2) is 0 Å². The molecule has 1 aliphatic heterocycles. The lowest BCUT2D eigenvalue weighted by atomic mass is 10.0. The maximum atomic E-state index is 11.9. The monoisotopic (exact) mass is 378 g/mol. The highest BCUT2D eigenvalue weighted by atomic mass is 16.5. The minimum Gasteiger partial charge on any atom is -0.756 e. The number of anilines is 1. The van der Waals surface area contributed by atoms with Gasteiger partial charge in [0.1, 0.15) is 0 Å². The lowest BCUT2D eigenvalue weighted by Crippen LogP contribution is -2.47. The Hall–Kier alpha value is -2.37. The van der Waals surface area contributed by atoms with Crippen molar-refractivity contribution in [2.24, 2.45) is 0 Å². The number of nitrogens with zero attached hydrogens (tertiary/aromatic N) is 3. The zero-order chi connectivity index (χ0) is 19.3. The van der Waals surface area contributed by atoms with Gasteiger partial charge >= 0.3 is 0 Å². The van der Waals surface area contributed by atoms with Gasteiger partial charge in [-0.2, -0.15) is 0 Å². The number of benzene rings is 2. The molecule has 148 valence electrons. The largest absolute Gasteiger partial charge is 0.756 e. The number of carbonyl (C=O) groups excluding carboxylic acids is 1. The van der Waals surface area contributed by atoms with Gasteiger partial charge < -0.3 is 15.2 Å². The van der Waals surface area contributed by atoms with Crippen LogP contribution in [0.3, 0.4) is 0 Å². The fourth-order valence-corrected chi connectivity index (χ4v) is 3.76. The molecule has 0 N–H and O–H groups in total. The molecule has 0 bridgehead atoms. The Balaban J connectivity index is 1.22. The number of hydroxylamine groups is 2. The van der Waals surface area contributed by atoms with Crippen molar-refractivity contribution < 1.29 is 4.79 Å². The molecule has 2 aliphatic rings. The summed E-state index contributed by atoms with van der Waals surface area (Å²) >= 11 is 0. The van der Waals surface area contributed by atoms with Crippen LogP contribution in [0.2, 0.25) is 0 Å². The minimum absolute atomic E-state index is 0.0331. The van der Waals surface area contributed by atoms with Gasteiger partial charge in [0.25, 0.3) is 0 Å². The number of hydrogen-bond acceptors (Lipinski definition) is 4. The van der Waals surface area contributed by atoms with Crippen molar-refractivity contribution >= 4 is 11.6 Å². The van der Waals surface area contributed by atoms with Crippen LogP contribution in [-0.2, 0) is 11.2 Å². The van der Waals surface area contributed by atoms with Crippen LogP contribution in [0.1, 0.15) is 30.4 Å². The highest BCUT2D eigenvalue weighted by Gasteiger charge is 2.26. The van der Waals surface area contributed by atoms with Crippen molar-refractivity contribution in [2.75, 3.05) is 37.6 Å². The fraction of sp³-hybridized carbons (Fsp3) is 0.435. The molecule has 1 amide bonds. The summed E-state index contributed by atoms with van der Waals surface area (Å²) < 4.78 is 0. The second-order valence-electron chi connectivity index (χ2n) is 7.86. The molecule has 28 heavy (non-hydrogen) atoms. The Morgan fingerprint density at radius 3 is 2.21 bits per heavy atom. The average Bonchev–Trinajstić information content (AvgIpc) is 3.59. The summed E-state index contributed by atoms with van der Waals surface area (Å²) in [6.07, 6.45) is 3.05. The van der Waals surface area contributed by atoms with Crippen LogP contribution in [0.25, 0.3) is 0 Å². The number of rotatable bonds is 7. The topological polar surface area (TPSA) is 49.9 Å². The third-order valence-electron chi connectivity index (χ3n) is 5.69. The molecule has 4 rings (SSSR count). The zero-order valence-corrected chi connectivity index (χ0v) is 16.3. The van der Waals surface area contributed by atoms with Crippen LogP contribution in [-0.4, -0.2) is 54.6 Å². The number of amides is 1.